The van der Waals surface area contributed by atoms with Crippen molar-refractivity contribution in [2.75, 3.05) is 0 Å². The van der Waals surface area contributed by atoms with Crippen molar-refractivity contribution >= 4 is 33.5 Å². The summed E-state index contributed by atoms with van der Waals surface area (Å²) in [5, 5.41) is 1.18. The SMILES string of the molecule is Cc1c(I)ccc2ccc(CN)nc12. The summed E-state index contributed by atoms with van der Waals surface area (Å²) in [6.07, 6.45) is 0. The van der Waals surface area contributed by atoms with Crippen LogP contribution in [-0.4, -0.2) is 4.98 Å². The van der Waals surface area contributed by atoms with Gasteiger partial charge in [-0.05, 0) is 47.2 Å². The van der Waals surface area contributed by atoms with Crippen LogP contribution in [0.3, 0.4) is 0 Å². The summed E-state index contributed by atoms with van der Waals surface area (Å²) in [5.41, 5.74) is 8.82. The molecule has 0 spiro atoms. The van der Waals surface area contributed by atoms with Gasteiger partial charge in [0.2, 0.25) is 0 Å². The Balaban J connectivity index is 2.78. The van der Waals surface area contributed by atoms with Gasteiger partial charge in [-0.15, -0.1) is 0 Å². The molecule has 0 bridgehead atoms. The van der Waals surface area contributed by atoms with Gasteiger partial charge in [-0.3, -0.25) is 4.98 Å². The number of aromatic nitrogens is 1. The number of aryl methyl sites for hydroxylation is 1. The van der Waals surface area contributed by atoms with Crippen molar-refractivity contribution in [3.63, 3.8) is 0 Å². The van der Waals surface area contributed by atoms with Crippen molar-refractivity contribution in [3.8, 4) is 0 Å². The van der Waals surface area contributed by atoms with Crippen molar-refractivity contribution in [1.82, 2.24) is 4.98 Å². The normalized spacial score (nSPS) is 10.8. The molecule has 0 aliphatic rings. The average Bonchev–Trinajstić information content (AvgIpc) is 2.23. The Kier molecular flexibility index (Phi) is 2.69. The average molecular weight is 298 g/mol. The molecule has 72 valence electrons. The molecule has 0 saturated carbocycles. The molecule has 0 fully saturated rings. The van der Waals surface area contributed by atoms with Gasteiger partial charge in [-0.2, -0.15) is 0 Å². The van der Waals surface area contributed by atoms with Gasteiger partial charge in [0.25, 0.3) is 0 Å². The van der Waals surface area contributed by atoms with Gasteiger partial charge in [0.15, 0.2) is 0 Å². The monoisotopic (exact) mass is 298 g/mol. The zero-order valence-corrected chi connectivity index (χ0v) is 10.1. The molecule has 2 nitrogen and oxygen atoms in total. The maximum Gasteiger partial charge on any atom is 0.0745 e. The highest BCUT2D eigenvalue weighted by Gasteiger charge is 2.03. The Labute approximate surface area is 96.7 Å². The van der Waals surface area contributed by atoms with E-state index in [1.165, 1.54) is 14.5 Å². The van der Waals surface area contributed by atoms with Crippen LogP contribution in [0.4, 0.5) is 0 Å². The molecule has 1 heterocycles. The van der Waals surface area contributed by atoms with E-state index in [1.807, 2.05) is 6.07 Å². The van der Waals surface area contributed by atoms with Crippen LogP contribution in [0.25, 0.3) is 10.9 Å². The molecular formula is C11H11IN2. The van der Waals surface area contributed by atoms with E-state index in [0.29, 0.717) is 6.54 Å². The molecule has 0 saturated heterocycles. The fraction of sp³-hybridized carbons (Fsp3) is 0.182. The minimum Gasteiger partial charge on any atom is -0.325 e. The molecule has 0 aliphatic carbocycles. The van der Waals surface area contributed by atoms with E-state index in [9.17, 15) is 0 Å². The van der Waals surface area contributed by atoms with E-state index >= 15 is 0 Å². The van der Waals surface area contributed by atoms with E-state index in [0.717, 1.165) is 11.2 Å². The number of fused-ring (bicyclic) bond motifs is 1. The van der Waals surface area contributed by atoms with Crippen molar-refractivity contribution < 1.29 is 0 Å². The van der Waals surface area contributed by atoms with E-state index in [4.69, 9.17) is 5.73 Å². The zero-order valence-electron chi connectivity index (χ0n) is 7.92. The number of pyridine rings is 1. The predicted octanol–water partition coefficient (Wildman–Crippen LogP) is 2.61. The van der Waals surface area contributed by atoms with Gasteiger partial charge in [0.1, 0.15) is 0 Å². The molecule has 1 aromatic heterocycles. The second kappa shape index (κ2) is 3.82. The molecule has 0 radical (unpaired) electrons. The number of hydrogen-bond donors (Lipinski definition) is 1. The highest BCUT2D eigenvalue weighted by atomic mass is 127. The third-order valence-electron chi connectivity index (χ3n) is 2.32. The first-order chi connectivity index (χ1) is 6.72. The Morgan fingerprint density at radius 1 is 1.29 bits per heavy atom. The number of hydrogen-bond acceptors (Lipinski definition) is 2. The fourth-order valence-corrected chi connectivity index (χ4v) is 1.90. The van der Waals surface area contributed by atoms with Crippen LogP contribution < -0.4 is 5.73 Å². The first-order valence-electron chi connectivity index (χ1n) is 4.47. The van der Waals surface area contributed by atoms with Crippen molar-refractivity contribution in [2.45, 2.75) is 13.5 Å². The third-order valence-corrected chi connectivity index (χ3v) is 3.48. The topological polar surface area (TPSA) is 38.9 Å². The van der Waals surface area contributed by atoms with Crippen molar-refractivity contribution in [2.24, 2.45) is 5.73 Å². The minimum atomic E-state index is 0.501. The lowest BCUT2D eigenvalue weighted by atomic mass is 10.1. The third kappa shape index (κ3) is 1.62. The molecule has 2 N–H and O–H groups in total. The van der Waals surface area contributed by atoms with Gasteiger partial charge in [-0.25, -0.2) is 0 Å². The number of rotatable bonds is 1. The highest BCUT2D eigenvalue weighted by molar-refractivity contribution is 14.1. The van der Waals surface area contributed by atoms with Crippen LogP contribution in [0.2, 0.25) is 0 Å². The van der Waals surface area contributed by atoms with Gasteiger partial charge in [0, 0.05) is 15.5 Å². The molecule has 14 heavy (non-hydrogen) atoms. The van der Waals surface area contributed by atoms with Crippen LogP contribution in [-0.2, 0) is 6.54 Å². The van der Waals surface area contributed by atoms with Crippen LogP contribution >= 0.6 is 22.6 Å². The zero-order chi connectivity index (χ0) is 10.1. The molecule has 3 heteroatoms. The molecule has 1 aromatic carbocycles. The lowest BCUT2D eigenvalue weighted by Crippen LogP contribution is -2.00. The van der Waals surface area contributed by atoms with E-state index in [1.54, 1.807) is 0 Å². The molecular weight excluding hydrogens is 287 g/mol. The summed E-state index contributed by atoms with van der Waals surface area (Å²) >= 11 is 2.32. The summed E-state index contributed by atoms with van der Waals surface area (Å²) in [4.78, 5) is 4.52. The Morgan fingerprint density at radius 2 is 2.00 bits per heavy atom. The first-order valence-corrected chi connectivity index (χ1v) is 5.55. The molecule has 2 aromatic rings. The van der Waals surface area contributed by atoms with E-state index < -0.39 is 0 Å². The van der Waals surface area contributed by atoms with Crippen LogP contribution in [0, 0.1) is 10.5 Å². The summed E-state index contributed by atoms with van der Waals surface area (Å²) in [5.74, 6) is 0. The van der Waals surface area contributed by atoms with E-state index in [-0.39, 0.29) is 0 Å². The standard InChI is InChI=1S/C11H11IN2/c1-7-10(12)5-3-8-2-4-9(6-13)14-11(7)8/h2-5H,6,13H2,1H3. The largest absolute Gasteiger partial charge is 0.325 e. The minimum absolute atomic E-state index is 0.501. The van der Waals surface area contributed by atoms with Gasteiger partial charge in [0.05, 0.1) is 11.2 Å². The van der Waals surface area contributed by atoms with Crippen LogP contribution in [0.5, 0.6) is 0 Å². The lowest BCUT2D eigenvalue weighted by Gasteiger charge is -2.05. The van der Waals surface area contributed by atoms with Crippen LogP contribution in [0.15, 0.2) is 24.3 Å². The number of halogens is 1. The molecule has 0 unspecified atom stereocenters. The summed E-state index contributed by atoms with van der Waals surface area (Å²) in [6.45, 7) is 2.60. The summed E-state index contributed by atoms with van der Waals surface area (Å²) < 4.78 is 1.25. The van der Waals surface area contributed by atoms with Crippen molar-refractivity contribution in [1.29, 1.82) is 0 Å². The lowest BCUT2D eigenvalue weighted by molar-refractivity contribution is 1.00. The van der Waals surface area contributed by atoms with E-state index in [2.05, 4.69) is 52.7 Å². The molecule has 0 aliphatic heterocycles. The smallest absolute Gasteiger partial charge is 0.0745 e. The van der Waals surface area contributed by atoms with Gasteiger partial charge in [-0.1, -0.05) is 12.1 Å². The van der Waals surface area contributed by atoms with Gasteiger partial charge < -0.3 is 5.73 Å². The molecule has 0 atom stereocenters. The first kappa shape index (κ1) is 9.86. The number of nitrogens with two attached hydrogens (primary N) is 1. The highest BCUT2D eigenvalue weighted by Crippen LogP contribution is 2.21. The predicted molar refractivity (Wildman–Crippen MR) is 67.1 cm³/mol. The number of nitrogens with zero attached hydrogens (tertiary/aromatic N) is 1. The second-order valence-corrected chi connectivity index (χ2v) is 4.41. The second-order valence-electron chi connectivity index (χ2n) is 3.25. The Bertz CT molecular complexity index is 480. The summed E-state index contributed by atoms with van der Waals surface area (Å²) in [6, 6.07) is 8.27. The molecule has 0 amide bonds. The van der Waals surface area contributed by atoms with Crippen molar-refractivity contribution in [3.05, 3.63) is 39.1 Å². The van der Waals surface area contributed by atoms with Crippen LogP contribution in [0.1, 0.15) is 11.3 Å². The maximum atomic E-state index is 5.56. The quantitative estimate of drug-likeness (QED) is 0.822. The fourth-order valence-electron chi connectivity index (χ4n) is 1.46. The Morgan fingerprint density at radius 3 is 2.71 bits per heavy atom. The summed E-state index contributed by atoms with van der Waals surface area (Å²) in [7, 11) is 0. The number of benzene rings is 1. The maximum absolute atomic E-state index is 5.56. The van der Waals surface area contributed by atoms with Gasteiger partial charge >= 0.3 is 0 Å². The Hall–Kier alpha value is -0.680. The molecule has 2 rings (SSSR count).